The predicted molar refractivity (Wildman–Crippen MR) is 83.7 cm³/mol. The molecule has 6 nitrogen and oxygen atoms in total. The van der Waals surface area contributed by atoms with Crippen molar-refractivity contribution in [1.82, 2.24) is 25.1 Å². The third-order valence-electron chi connectivity index (χ3n) is 4.04. The molecule has 0 bridgehead atoms. The van der Waals surface area contributed by atoms with E-state index in [1.807, 2.05) is 23.4 Å². The lowest BCUT2D eigenvalue weighted by Crippen LogP contribution is -2.44. The van der Waals surface area contributed by atoms with E-state index in [1.165, 1.54) is 6.07 Å². The van der Waals surface area contributed by atoms with Gasteiger partial charge in [0.2, 0.25) is 5.95 Å². The van der Waals surface area contributed by atoms with E-state index in [9.17, 15) is 8.78 Å². The molecule has 0 spiro atoms. The number of rotatable bonds is 4. The monoisotopic (exact) mass is 322 g/mol. The summed E-state index contributed by atoms with van der Waals surface area (Å²) >= 11 is 0. The Morgan fingerprint density at radius 2 is 2.00 bits per heavy atom. The number of nitrogens with one attached hydrogen (secondary N) is 1. The summed E-state index contributed by atoms with van der Waals surface area (Å²) in [6.45, 7) is 7.64. The zero-order valence-electron chi connectivity index (χ0n) is 13.3. The molecule has 0 atom stereocenters. The first-order valence-corrected chi connectivity index (χ1v) is 7.75. The van der Waals surface area contributed by atoms with Crippen LogP contribution in [0.15, 0.2) is 12.3 Å². The minimum Gasteiger partial charge on any atom is -0.338 e. The van der Waals surface area contributed by atoms with Crippen LogP contribution in [0.3, 0.4) is 0 Å². The van der Waals surface area contributed by atoms with Crippen molar-refractivity contribution in [3.05, 3.63) is 23.7 Å². The molecular weight excluding hydrogens is 302 g/mol. The Kier molecular flexibility index (Phi) is 4.51. The van der Waals surface area contributed by atoms with Crippen LogP contribution in [-0.2, 0) is 6.54 Å². The molecule has 0 aromatic carbocycles. The molecule has 0 radical (unpaired) electrons. The van der Waals surface area contributed by atoms with E-state index in [-0.39, 0.29) is 5.69 Å². The van der Waals surface area contributed by atoms with Gasteiger partial charge >= 0.3 is 0 Å². The van der Waals surface area contributed by atoms with Crippen LogP contribution in [0.1, 0.15) is 24.7 Å². The van der Waals surface area contributed by atoms with Gasteiger partial charge in [-0.3, -0.25) is 4.68 Å². The van der Waals surface area contributed by atoms with Crippen molar-refractivity contribution in [2.75, 3.05) is 31.1 Å². The van der Waals surface area contributed by atoms with Gasteiger partial charge in [0.1, 0.15) is 5.69 Å². The van der Waals surface area contributed by atoms with Crippen LogP contribution < -0.4 is 10.2 Å². The molecule has 2 aromatic heterocycles. The van der Waals surface area contributed by atoms with E-state index < -0.39 is 6.43 Å². The highest BCUT2D eigenvalue weighted by Gasteiger charge is 2.20. The fraction of sp³-hybridized carbons (Fsp3) is 0.533. The van der Waals surface area contributed by atoms with Crippen molar-refractivity contribution >= 4 is 5.95 Å². The molecule has 8 heteroatoms. The van der Waals surface area contributed by atoms with Gasteiger partial charge in [0.25, 0.3) is 6.43 Å². The number of halogens is 2. The molecule has 1 fully saturated rings. The number of hydrogen-bond donors (Lipinski definition) is 1. The van der Waals surface area contributed by atoms with Gasteiger partial charge in [0, 0.05) is 44.0 Å². The van der Waals surface area contributed by atoms with E-state index in [0.29, 0.717) is 24.7 Å². The van der Waals surface area contributed by atoms with Crippen LogP contribution in [0.5, 0.6) is 0 Å². The van der Waals surface area contributed by atoms with Crippen LogP contribution in [0, 0.1) is 6.92 Å². The minimum atomic E-state index is -2.63. The quantitative estimate of drug-likeness (QED) is 0.933. The first-order chi connectivity index (χ1) is 11.1. The Bertz CT molecular complexity index is 679. The molecule has 1 aliphatic rings. The normalized spacial score (nSPS) is 15.4. The highest BCUT2D eigenvalue weighted by molar-refractivity contribution is 5.63. The van der Waals surface area contributed by atoms with E-state index in [4.69, 9.17) is 0 Å². The van der Waals surface area contributed by atoms with Crippen LogP contribution in [0.2, 0.25) is 0 Å². The maximum atomic E-state index is 13.2. The Morgan fingerprint density at radius 3 is 2.61 bits per heavy atom. The zero-order chi connectivity index (χ0) is 16.4. The Balaban J connectivity index is 2.04. The first kappa shape index (κ1) is 15.8. The summed E-state index contributed by atoms with van der Waals surface area (Å²) in [6, 6.07) is 1.36. The Hall–Kier alpha value is -2.09. The lowest BCUT2D eigenvalue weighted by atomic mass is 10.1. The SMILES string of the molecule is CCn1ncc(-c2cc(C(F)F)nc(N3CCNCC3)n2)c1C. The van der Waals surface area contributed by atoms with Gasteiger partial charge in [0.05, 0.1) is 11.9 Å². The van der Waals surface area contributed by atoms with Gasteiger partial charge in [-0.05, 0) is 19.9 Å². The van der Waals surface area contributed by atoms with Gasteiger partial charge in [-0.1, -0.05) is 0 Å². The van der Waals surface area contributed by atoms with Crippen molar-refractivity contribution in [2.24, 2.45) is 0 Å². The van der Waals surface area contributed by atoms with Crippen molar-refractivity contribution in [2.45, 2.75) is 26.8 Å². The third kappa shape index (κ3) is 3.17. The molecule has 0 saturated carbocycles. The van der Waals surface area contributed by atoms with Gasteiger partial charge in [-0.2, -0.15) is 5.10 Å². The largest absolute Gasteiger partial charge is 0.338 e. The summed E-state index contributed by atoms with van der Waals surface area (Å²) in [5.41, 5.74) is 1.94. The number of anilines is 1. The Morgan fingerprint density at radius 1 is 1.26 bits per heavy atom. The fourth-order valence-electron chi connectivity index (χ4n) is 2.73. The molecule has 1 N–H and O–H groups in total. The van der Waals surface area contributed by atoms with Crippen LogP contribution >= 0.6 is 0 Å². The second kappa shape index (κ2) is 6.57. The van der Waals surface area contributed by atoms with Gasteiger partial charge in [-0.25, -0.2) is 18.7 Å². The lowest BCUT2D eigenvalue weighted by molar-refractivity contribution is 0.146. The summed E-state index contributed by atoms with van der Waals surface area (Å²) in [5.74, 6) is 0.364. The number of hydrogen-bond acceptors (Lipinski definition) is 5. The number of aryl methyl sites for hydroxylation is 1. The van der Waals surface area contributed by atoms with Crippen molar-refractivity contribution < 1.29 is 8.78 Å². The van der Waals surface area contributed by atoms with Crippen molar-refractivity contribution in [3.63, 3.8) is 0 Å². The third-order valence-corrected chi connectivity index (χ3v) is 4.04. The van der Waals surface area contributed by atoms with Crippen LogP contribution in [-0.4, -0.2) is 45.9 Å². The second-order valence-corrected chi connectivity index (χ2v) is 5.48. The topological polar surface area (TPSA) is 58.9 Å². The number of aromatic nitrogens is 4. The summed E-state index contributed by atoms with van der Waals surface area (Å²) < 4.78 is 28.3. The first-order valence-electron chi connectivity index (χ1n) is 7.75. The van der Waals surface area contributed by atoms with E-state index >= 15 is 0 Å². The standard InChI is InChI=1S/C15H20F2N6/c1-3-23-10(2)11(9-19-23)12-8-13(14(16)17)21-15(20-12)22-6-4-18-5-7-22/h8-9,14,18H,3-7H2,1-2H3. The number of nitrogens with zero attached hydrogens (tertiary/aromatic N) is 5. The Labute approximate surface area is 133 Å². The van der Waals surface area contributed by atoms with E-state index in [1.54, 1.807) is 6.20 Å². The molecule has 1 saturated heterocycles. The molecule has 1 aliphatic heterocycles. The highest BCUT2D eigenvalue weighted by Crippen LogP contribution is 2.27. The van der Waals surface area contributed by atoms with Crippen molar-refractivity contribution in [3.8, 4) is 11.3 Å². The number of piperazine rings is 1. The molecule has 23 heavy (non-hydrogen) atoms. The fourth-order valence-corrected chi connectivity index (χ4v) is 2.73. The summed E-state index contributed by atoms with van der Waals surface area (Å²) in [6.07, 6.45) is -0.947. The smallest absolute Gasteiger partial charge is 0.280 e. The van der Waals surface area contributed by atoms with Gasteiger partial charge < -0.3 is 10.2 Å². The predicted octanol–water partition coefficient (Wildman–Crippen LogP) is 2.02. The minimum absolute atomic E-state index is 0.243. The molecule has 3 rings (SSSR count). The maximum Gasteiger partial charge on any atom is 0.280 e. The average Bonchev–Trinajstić information content (AvgIpc) is 2.96. The molecular formula is C15H20F2N6. The van der Waals surface area contributed by atoms with Crippen LogP contribution in [0.4, 0.5) is 14.7 Å². The van der Waals surface area contributed by atoms with E-state index in [2.05, 4.69) is 20.4 Å². The lowest BCUT2D eigenvalue weighted by Gasteiger charge is -2.27. The summed E-state index contributed by atoms with van der Waals surface area (Å²) in [5, 5.41) is 7.50. The maximum absolute atomic E-state index is 13.2. The zero-order valence-corrected chi connectivity index (χ0v) is 13.3. The van der Waals surface area contributed by atoms with Crippen molar-refractivity contribution in [1.29, 1.82) is 0 Å². The van der Waals surface area contributed by atoms with Gasteiger partial charge in [0.15, 0.2) is 0 Å². The molecule has 2 aromatic rings. The molecule has 3 heterocycles. The number of alkyl halides is 2. The summed E-state index contributed by atoms with van der Waals surface area (Å²) in [7, 11) is 0. The molecule has 124 valence electrons. The highest BCUT2D eigenvalue weighted by atomic mass is 19.3. The molecule has 0 amide bonds. The van der Waals surface area contributed by atoms with Crippen LogP contribution in [0.25, 0.3) is 11.3 Å². The van der Waals surface area contributed by atoms with Gasteiger partial charge in [-0.15, -0.1) is 0 Å². The molecule has 0 unspecified atom stereocenters. The van der Waals surface area contributed by atoms with E-state index in [0.717, 1.165) is 30.9 Å². The second-order valence-electron chi connectivity index (χ2n) is 5.48. The average molecular weight is 322 g/mol. The summed E-state index contributed by atoms with van der Waals surface area (Å²) in [4.78, 5) is 10.5. The molecule has 0 aliphatic carbocycles.